The van der Waals surface area contributed by atoms with Crippen molar-refractivity contribution in [3.63, 3.8) is 0 Å². The molecule has 1 rings (SSSR count). The van der Waals surface area contributed by atoms with Gasteiger partial charge in [0.2, 0.25) is 5.95 Å². The average Bonchev–Trinajstić information content (AvgIpc) is 2.24. The van der Waals surface area contributed by atoms with E-state index in [-0.39, 0.29) is 6.61 Å². The Kier molecular flexibility index (Phi) is 5.04. The molecule has 1 aromatic heterocycles. The molecule has 0 fully saturated rings. The van der Waals surface area contributed by atoms with Crippen molar-refractivity contribution in [2.24, 2.45) is 5.92 Å². The van der Waals surface area contributed by atoms with Gasteiger partial charge in [-0.2, -0.15) is 0 Å². The zero-order valence-electron chi connectivity index (χ0n) is 9.40. The highest BCUT2D eigenvalue weighted by Gasteiger charge is 1.99. The third-order valence-electron chi connectivity index (χ3n) is 2.26. The fourth-order valence-electron chi connectivity index (χ4n) is 1.28. The van der Waals surface area contributed by atoms with Crippen LogP contribution < -0.4 is 5.32 Å². The SMILES string of the molecule is Cc1ccnc(NCCCC(C)CO)n1. The Morgan fingerprint density at radius 1 is 1.53 bits per heavy atom. The van der Waals surface area contributed by atoms with E-state index in [4.69, 9.17) is 5.11 Å². The summed E-state index contributed by atoms with van der Waals surface area (Å²) in [7, 11) is 0. The Morgan fingerprint density at radius 3 is 3.00 bits per heavy atom. The second-order valence-corrected chi connectivity index (χ2v) is 3.88. The number of aryl methyl sites for hydroxylation is 1. The number of aromatic nitrogens is 2. The number of aliphatic hydroxyl groups is 1. The van der Waals surface area contributed by atoms with E-state index in [2.05, 4.69) is 15.3 Å². The molecule has 0 aromatic carbocycles. The first-order chi connectivity index (χ1) is 7.22. The topological polar surface area (TPSA) is 58.0 Å². The number of hydrogen-bond acceptors (Lipinski definition) is 4. The third kappa shape index (κ3) is 4.74. The number of aliphatic hydroxyl groups excluding tert-OH is 1. The van der Waals surface area contributed by atoms with E-state index < -0.39 is 0 Å². The fourth-order valence-corrected chi connectivity index (χ4v) is 1.28. The van der Waals surface area contributed by atoms with Gasteiger partial charge in [0.1, 0.15) is 0 Å². The summed E-state index contributed by atoms with van der Waals surface area (Å²) < 4.78 is 0. The second-order valence-electron chi connectivity index (χ2n) is 3.88. The van der Waals surface area contributed by atoms with Crippen LogP contribution in [0.1, 0.15) is 25.5 Å². The molecule has 0 aliphatic heterocycles. The molecule has 84 valence electrons. The molecular formula is C11H19N3O. The molecule has 1 atom stereocenters. The first-order valence-corrected chi connectivity index (χ1v) is 5.36. The first kappa shape index (κ1) is 11.9. The van der Waals surface area contributed by atoms with Crippen molar-refractivity contribution in [2.75, 3.05) is 18.5 Å². The number of anilines is 1. The maximum atomic E-state index is 8.84. The number of hydrogen-bond donors (Lipinski definition) is 2. The minimum absolute atomic E-state index is 0.265. The summed E-state index contributed by atoms with van der Waals surface area (Å²) in [6, 6.07) is 1.87. The number of nitrogens with zero attached hydrogens (tertiary/aromatic N) is 2. The number of nitrogens with one attached hydrogen (secondary N) is 1. The maximum absolute atomic E-state index is 8.84. The van der Waals surface area contributed by atoms with Gasteiger partial charge in [0.25, 0.3) is 0 Å². The van der Waals surface area contributed by atoms with Gasteiger partial charge in [0.15, 0.2) is 0 Å². The summed E-state index contributed by atoms with van der Waals surface area (Å²) in [6.07, 6.45) is 3.80. The minimum atomic E-state index is 0.265. The van der Waals surface area contributed by atoms with Crippen molar-refractivity contribution in [2.45, 2.75) is 26.7 Å². The highest BCUT2D eigenvalue weighted by molar-refractivity contribution is 5.24. The van der Waals surface area contributed by atoms with E-state index in [9.17, 15) is 0 Å². The van der Waals surface area contributed by atoms with Crippen LogP contribution in [0.3, 0.4) is 0 Å². The maximum Gasteiger partial charge on any atom is 0.222 e. The number of rotatable bonds is 6. The molecule has 4 nitrogen and oxygen atoms in total. The molecule has 1 heterocycles. The molecule has 0 amide bonds. The highest BCUT2D eigenvalue weighted by Crippen LogP contribution is 2.05. The molecule has 15 heavy (non-hydrogen) atoms. The molecule has 4 heteroatoms. The van der Waals surface area contributed by atoms with Gasteiger partial charge in [-0.3, -0.25) is 0 Å². The zero-order valence-corrected chi connectivity index (χ0v) is 9.40. The first-order valence-electron chi connectivity index (χ1n) is 5.36. The summed E-state index contributed by atoms with van der Waals surface area (Å²) >= 11 is 0. The summed E-state index contributed by atoms with van der Waals surface area (Å²) in [6.45, 7) is 5.11. The van der Waals surface area contributed by atoms with Gasteiger partial charge in [0.05, 0.1) is 0 Å². The van der Waals surface area contributed by atoms with Gasteiger partial charge in [-0.25, -0.2) is 9.97 Å². The molecule has 0 saturated carbocycles. The van der Waals surface area contributed by atoms with Gasteiger partial charge < -0.3 is 10.4 Å². The van der Waals surface area contributed by atoms with E-state index >= 15 is 0 Å². The molecule has 0 bridgehead atoms. The molecule has 0 spiro atoms. The molecule has 1 unspecified atom stereocenters. The van der Waals surface area contributed by atoms with E-state index in [0.29, 0.717) is 11.9 Å². The largest absolute Gasteiger partial charge is 0.396 e. The quantitative estimate of drug-likeness (QED) is 0.699. The molecular weight excluding hydrogens is 190 g/mol. The van der Waals surface area contributed by atoms with Crippen molar-refractivity contribution in [1.82, 2.24) is 9.97 Å². The van der Waals surface area contributed by atoms with Crippen LogP contribution in [-0.2, 0) is 0 Å². The minimum Gasteiger partial charge on any atom is -0.396 e. The predicted molar refractivity (Wildman–Crippen MR) is 60.7 cm³/mol. The van der Waals surface area contributed by atoms with Crippen LogP contribution in [0.4, 0.5) is 5.95 Å². The highest BCUT2D eigenvalue weighted by atomic mass is 16.3. The van der Waals surface area contributed by atoms with Crippen LogP contribution in [0, 0.1) is 12.8 Å². The van der Waals surface area contributed by atoms with Crippen molar-refractivity contribution in [1.29, 1.82) is 0 Å². The standard InChI is InChI=1S/C11H19N3O/c1-9(8-15)4-3-6-12-11-13-7-5-10(2)14-11/h5,7,9,15H,3-4,6,8H2,1-2H3,(H,12,13,14). The van der Waals surface area contributed by atoms with Crippen LogP contribution in [0.5, 0.6) is 0 Å². The second kappa shape index (κ2) is 6.35. The van der Waals surface area contributed by atoms with E-state index in [1.807, 2.05) is 19.9 Å². The summed E-state index contributed by atoms with van der Waals surface area (Å²) in [4.78, 5) is 8.34. The van der Waals surface area contributed by atoms with Gasteiger partial charge in [0, 0.05) is 25.0 Å². The molecule has 0 aliphatic rings. The molecule has 1 aromatic rings. The van der Waals surface area contributed by atoms with Gasteiger partial charge in [-0.15, -0.1) is 0 Å². The van der Waals surface area contributed by atoms with Crippen LogP contribution in [0.15, 0.2) is 12.3 Å². The summed E-state index contributed by atoms with van der Waals surface area (Å²) in [5.41, 5.74) is 0.969. The van der Waals surface area contributed by atoms with E-state index in [0.717, 1.165) is 25.1 Å². The Balaban J connectivity index is 2.20. The Labute approximate surface area is 90.8 Å². The normalized spacial score (nSPS) is 12.5. The van der Waals surface area contributed by atoms with Crippen LogP contribution in [0.25, 0.3) is 0 Å². The Hall–Kier alpha value is -1.16. The summed E-state index contributed by atoms with van der Waals surface area (Å²) in [5.74, 6) is 1.07. The van der Waals surface area contributed by atoms with Gasteiger partial charge in [-0.05, 0) is 31.7 Å². The lowest BCUT2D eigenvalue weighted by Gasteiger charge is -2.08. The van der Waals surface area contributed by atoms with Crippen molar-refractivity contribution in [3.8, 4) is 0 Å². The molecule has 2 N–H and O–H groups in total. The third-order valence-corrected chi connectivity index (χ3v) is 2.26. The van der Waals surface area contributed by atoms with Gasteiger partial charge in [-0.1, -0.05) is 6.92 Å². The van der Waals surface area contributed by atoms with E-state index in [1.54, 1.807) is 6.20 Å². The average molecular weight is 209 g/mol. The van der Waals surface area contributed by atoms with Crippen LogP contribution in [0.2, 0.25) is 0 Å². The lowest BCUT2D eigenvalue weighted by atomic mass is 10.1. The fraction of sp³-hybridized carbons (Fsp3) is 0.636. The van der Waals surface area contributed by atoms with Gasteiger partial charge >= 0.3 is 0 Å². The van der Waals surface area contributed by atoms with Crippen LogP contribution >= 0.6 is 0 Å². The Bertz CT molecular complexity index is 291. The smallest absolute Gasteiger partial charge is 0.222 e. The lowest BCUT2D eigenvalue weighted by molar-refractivity contribution is 0.229. The van der Waals surface area contributed by atoms with Crippen LogP contribution in [-0.4, -0.2) is 28.2 Å². The van der Waals surface area contributed by atoms with Crippen molar-refractivity contribution < 1.29 is 5.11 Å². The van der Waals surface area contributed by atoms with Crippen molar-refractivity contribution >= 4 is 5.95 Å². The monoisotopic (exact) mass is 209 g/mol. The molecule has 0 aliphatic carbocycles. The zero-order chi connectivity index (χ0) is 11.1. The van der Waals surface area contributed by atoms with E-state index in [1.165, 1.54) is 0 Å². The predicted octanol–water partition coefficient (Wildman–Crippen LogP) is 1.61. The molecule has 0 radical (unpaired) electrons. The lowest BCUT2D eigenvalue weighted by Crippen LogP contribution is -2.08. The van der Waals surface area contributed by atoms with Crippen molar-refractivity contribution in [3.05, 3.63) is 18.0 Å². The Morgan fingerprint density at radius 2 is 2.33 bits per heavy atom. The molecule has 0 saturated heterocycles. The summed E-state index contributed by atoms with van der Waals surface area (Å²) in [5, 5.41) is 12.0.